The van der Waals surface area contributed by atoms with Crippen molar-refractivity contribution in [3.05, 3.63) is 34.3 Å². The normalized spacial score (nSPS) is 12.7. The zero-order chi connectivity index (χ0) is 13.7. The lowest BCUT2D eigenvalue weighted by atomic mass is 10.2. The van der Waals surface area contributed by atoms with E-state index in [1.165, 1.54) is 0 Å². The van der Waals surface area contributed by atoms with E-state index in [4.69, 9.17) is 14.2 Å². The van der Waals surface area contributed by atoms with Gasteiger partial charge in [0.2, 0.25) is 6.79 Å². The molecule has 0 bridgehead atoms. The zero-order valence-electron chi connectivity index (χ0n) is 11.0. The van der Waals surface area contributed by atoms with Crippen molar-refractivity contribution in [3.8, 4) is 11.5 Å². The van der Waals surface area contributed by atoms with Crippen LogP contribution in [0.2, 0.25) is 0 Å². The van der Waals surface area contributed by atoms with Gasteiger partial charge in [0.15, 0.2) is 11.5 Å². The molecule has 0 radical (unpaired) electrons. The first-order chi connectivity index (χ1) is 9.16. The largest absolute Gasteiger partial charge is 0.454 e. The van der Waals surface area contributed by atoms with E-state index in [-0.39, 0.29) is 0 Å². The van der Waals surface area contributed by atoms with Crippen molar-refractivity contribution in [2.75, 3.05) is 26.6 Å². The molecule has 1 N–H and O–H groups in total. The van der Waals surface area contributed by atoms with Gasteiger partial charge in [0, 0.05) is 17.6 Å². The van der Waals surface area contributed by atoms with Crippen LogP contribution in [0.1, 0.15) is 12.5 Å². The summed E-state index contributed by atoms with van der Waals surface area (Å²) in [7, 11) is 0. The summed E-state index contributed by atoms with van der Waals surface area (Å²) in [5.74, 6) is 1.60. The minimum atomic E-state index is 0.299. The van der Waals surface area contributed by atoms with Gasteiger partial charge in [-0.3, -0.25) is 0 Å². The van der Waals surface area contributed by atoms with Gasteiger partial charge in [-0.2, -0.15) is 0 Å². The summed E-state index contributed by atoms with van der Waals surface area (Å²) < 4.78 is 17.1. The van der Waals surface area contributed by atoms with Crippen molar-refractivity contribution in [2.45, 2.75) is 13.5 Å². The number of nitrogens with one attached hydrogen (secondary N) is 1. The van der Waals surface area contributed by atoms with Gasteiger partial charge in [0.1, 0.15) is 0 Å². The van der Waals surface area contributed by atoms with Gasteiger partial charge in [-0.05, 0) is 24.6 Å². The Morgan fingerprint density at radius 1 is 1.42 bits per heavy atom. The first-order valence-corrected chi connectivity index (χ1v) is 6.97. The Morgan fingerprint density at radius 2 is 2.16 bits per heavy atom. The number of fused-ring (bicyclic) bond motifs is 1. The smallest absolute Gasteiger partial charge is 0.231 e. The Bertz CT molecular complexity index is 462. The molecular formula is C14H18BrNO3. The molecule has 5 heteroatoms. The van der Waals surface area contributed by atoms with Gasteiger partial charge in [-0.25, -0.2) is 0 Å². The molecule has 2 rings (SSSR count). The monoisotopic (exact) mass is 327 g/mol. The molecule has 104 valence electrons. The highest BCUT2D eigenvalue weighted by molar-refractivity contribution is 9.10. The Morgan fingerprint density at radius 3 is 2.89 bits per heavy atom. The predicted molar refractivity (Wildman–Crippen MR) is 77.6 cm³/mol. The number of halogens is 1. The fourth-order valence-electron chi connectivity index (χ4n) is 1.71. The van der Waals surface area contributed by atoms with Gasteiger partial charge in [-0.15, -0.1) is 0 Å². The van der Waals surface area contributed by atoms with Crippen molar-refractivity contribution < 1.29 is 14.2 Å². The fraction of sp³-hybridized carbons (Fsp3) is 0.429. The van der Waals surface area contributed by atoms with Crippen LogP contribution >= 0.6 is 15.9 Å². The van der Waals surface area contributed by atoms with Gasteiger partial charge in [-0.1, -0.05) is 28.1 Å². The maximum absolute atomic E-state index is 5.42. The maximum Gasteiger partial charge on any atom is 0.231 e. The molecule has 0 atom stereocenters. The zero-order valence-corrected chi connectivity index (χ0v) is 12.6. The maximum atomic E-state index is 5.42. The van der Waals surface area contributed by atoms with Crippen LogP contribution in [0, 0.1) is 0 Å². The second-order valence-corrected chi connectivity index (χ2v) is 5.34. The minimum absolute atomic E-state index is 0.299. The third kappa shape index (κ3) is 4.23. The van der Waals surface area contributed by atoms with Gasteiger partial charge < -0.3 is 19.5 Å². The first kappa shape index (κ1) is 14.4. The molecule has 1 aromatic carbocycles. The molecule has 0 unspecified atom stereocenters. The lowest BCUT2D eigenvalue weighted by Gasteiger charge is -2.09. The number of ether oxygens (including phenoxy) is 3. The lowest BCUT2D eigenvalue weighted by Crippen LogP contribution is -2.19. The molecule has 0 aromatic heterocycles. The molecule has 0 saturated heterocycles. The quantitative estimate of drug-likeness (QED) is 0.617. The highest BCUT2D eigenvalue weighted by atomic mass is 79.9. The Kier molecular flexibility index (Phi) is 5.24. The van der Waals surface area contributed by atoms with Crippen LogP contribution in [0.25, 0.3) is 0 Å². The molecule has 0 amide bonds. The van der Waals surface area contributed by atoms with E-state index in [1.807, 2.05) is 19.1 Å². The van der Waals surface area contributed by atoms with E-state index >= 15 is 0 Å². The molecular weight excluding hydrogens is 310 g/mol. The Balaban J connectivity index is 1.75. The third-order valence-corrected chi connectivity index (χ3v) is 3.37. The Hall–Kier alpha value is -1.04. The highest BCUT2D eigenvalue weighted by Gasteiger charge is 2.15. The molecule has 1 aromatic rings. The van der Waals surface area contributed by atoms with Crippen LogP contribution in [-0.2, 0) is 11.3 Å². The Labute approximate surface area is 121 Å². The molecule has 1 heterocycles. The second-order valence-electron chi connectivity index (χ2n) is 4.48. The molecule has 0 spiro atoms. The number of benzene rings is 1. The SMILES string of the molecule is C=C(C)COCCNCc1cc2c(cc1Br)OCO2. The summed E-state index contributed by atoms with van der Waals surface area (Å²) in [4.78, 5) is 0. The summed E-state index contributed by atoms with van der Waals surface area (Å²) in [5.41, 5.74) is 2.18. The summed E-state index contributed by atoms with van der Waals surface area (Å²) in [6.45, 7) is 8.90. The lowest BCUT2D eigenvalue weighted by molar-refractivity contribution is 0.157. The van der Waals surface area contributed by atoms with E-state index in [0.717, 1.165) is 40.2 Å². The van der Waals surface area contributed by atoms with Crippen molar-refractivity contribution in [2.24, 2.45) is 0 Å². The second kappa shape index (κ2) is 6.93. The summed E-state index contributed by atoms with van der Waals surface area (Å²) in [5, 5.41) is 3.33. The van der Waals surface area contributed by atoms with Gasteiger partial charge >= 0.3 is 0 Å². The van der Waals surface area contributed by atoms with E-state index in [2.05, 4.69) is 27.8 Å². The van der Waals surface area contributed by atoms with Crippen LogP contribution in [0.15, 0.2) is 28.8 Å². The highest BCUT2D eigenvalue weighted by Crippen LogP contribution is 2.36. The molecule has 19 heavy (non-hydrogen) atoms. The van der Waals surface area contributed by atoms with Crippen LogP contribution < -0.4 is 14.8 Å². The van der Waals surface area contributed by atoms with Crippen LogP contribution in [0.5, 0.6) is 11.5 Å². The minimum Gasteiger partial charge on any atom is -0.454 e. The van der Waals surface area contributed by atoms with Crippen molar-refractivity contribution in [3.63, 3.8) is 0 Å². The van der Waals surface area contributed by atoms with Crippen molar-refractivity contribution in [1.82, 2.24) is 5.32 Å². The van der Waals surface area contributed by atoms with Crippen molar-refractivity contribution in [1.29, 1.82) is 0 Å². The average molecular weight is 328 g/mol. The van der Waals surface area contributed by atoms with Gasteiger partial charge in [0.05, 0.1) is 13.2 Å². The fourth-order valence-corrected chi connectivity index (χ4v) is 2.17. The molecule has 1 aliphatic heterocycles. The number of hydrogen-bond acceptors (Lipinski definition) is 4. The average Bonchev–Trinajstić information content (AvgIpc) is 2.80. The first-order valence-electron chi connectivity index (χ1n) is 6.17. The van der Waals surface area contributed by atoms with E-state index in [1.54, 1.807) is 0 Å². The molecule has 0 fully saturated rings. The summed E-state index contributed by atoms with van der Waals surface area (Å²) in [6, 6.07) is 3.94. The standard InChI is InChI=1S/C14H18BrNO3/c1-10(2)8-17-4-3-16-7-11-5-13-14(6-12(11)15)19-9-18-13/h5-6,16H,1,3-4,7-9H2,2H3. The summed E-state index contributed by atoms with van der Waals surface area (Å²) >= 11 is 3.53. The van der Waals surface area contributed by atoms with Crippen LogP contribution in [0.3, 0.4) is 0 Å². The van der Waals surface area contributed by atoms with Crippen molar-refractivity contribution >= 4 is 15.9 Å². The van der Waals surface area contributed by atoms with E-state index in [0.29, 0.717) is 20.0 Å². The predicted octanol–water partition coefficient (Wildman–Crippen LogP) is 2.86. The molecule has 0 saturated carbocycles. The van der Waals surface area contributed by atoms with E-state index in [9.17, 15) is 0 Å². The number of rotatable bonds is 7. The van der Waals surface area contributed by atoms with Crippen LogP contribution in [-0.4, -0.2) is 26.6 Å². The summed E-state index contributed by atoms with van der Waals surface area (Å²) in [6.07, 6.45) is 0. The molecule has 1 aliphatic rings. The topological polar surface area (TPSA) is 39.7 Å². The van der Waals surface area contributed by atoms with E-state index < -0.39 is 0 Å². The third-order valence-electron chi connectivity index (χ3n) is 2.63. The molecule has 4 nitrogen and oxygen atoms in total. The van der Waals surface area contributed by atoms with Gasteiger partial charge in [0.25, 0.3) is 0 Å². The number of hydrogen-bond donors (Lipinski definition) is 1. The van der Waals surface area contributed by atoms with Crippen LogP contribution in [0.4, 0.5) is 0 Å². The molecule has 0 aliphatic carbocycles.